The van der Waals surface area contributed by atoms with Gasteiger partial charge in [0, 0.05) is 13.2 Å². The van der Waals surface area contributed by atoms with Crippen LogP contribution in [0.3, 0.4) is 0 Å². The smallest absolute Gasteiger partial charge is 0.356 e. The van der Waals surface area contributed by atoms with Crippen molar-refractivity contribution in [2.75, 3.05) is 13.2 Å². The minimum Gasteiger partial charge on any atom is -0.476 e. The molecule has 9 heteroatoms. The van der Waals surface area contributed by atoms with Gasteiger partial charge in [-0.25, -0.2) is 22.9 Å². The molecule has 96 valence electrons. The summed E-state index contributed by atoms with van der Waals surface area (Å²) in [6.45, 7) is 1.54. The van der Waals surface area contributed by atoms with Crippen LogP contribution in [-0.4, -0.2) is 42.7 Å². The van der Waals surface area contributed by atoms with Crippen LogP contribution in [0.4, 0.5) is 0 Å². The summed E-state index contributed by atoms with van der Waals surface area (Å²) in [7, 11) is -3.88. The first-order valence-electron chi connectivity index (χ1n) is 4.65. The summed E-state index contributed by atoms with van der Waals surface area (Å²) in [4.78, 5) is 14.2. The van der Waals surface area contributed by atoms with Gasteiger partial charge in [-0.15, -0.1) is 11.3 Å². The number of sulfonamides is 1. The van der Waals surface area contributed by atoms with Gasteiger partial charge in [-0.2, -0.15) is 0 Å². The van der Waals surface area contributed by atoms with E-state index in [1.807, 2.05) is 0 Å². The fraction of sp³-hybridized carbons (Fsp3) is 0.500. The number of nitrogens with one attached hydrogen (secondary N) is 1. The Morgan fingerprint density at radius 2 is 2.29 bits per heavy atom. The molecule has 0 bridgehead atoms. The third-order valence-corrected chi connectivity index (χ3v) is 4.71. The Morgan fingerprint density at radius 3 is 2.82 bits per heavy atom. The predicted molar refractivity (Wildman–Crippen MR) is 60.5 cm³/mol. The second kappa shape index (κ2) is 5.54. The highest BCUT2D eigenvalue weighted by Gasteiger charge is 2.25. The van der Waals surface area contributed by atoms with E-state index in [9.17, 15) is 13.2 Å². The Kier molecular flexibility index (Phi) is 4.57. The van der Waals surface area contributed by atoms with Crippen LogP contribution in [0.5, 0.6) is 0 Å². The van der Waals surface area contributed by atoms with Gasteiger partial charge in [0.25, 0.3) is 10.0 Å². The van der Waals surface area contributed by atoms with Gasteiger partial charge >= 0.3 is 5.97 Å². The van der Waals surface area contributed by atoms with Gasteiger partial charge in [-0.3, -0.25) is 0 Å². The molecule has 3 N–H and O–H groups in total. The molecule has 1 heterocycles. The first-order chi connectivity index (χ1) is 7.88. The van der Waals surface area contributed by atoms with E-state index in [0.717, 1.165) is 16.8 Å². The summed E-state index contributed by atoms with van der Waals surface area (Å²) < 4.78 is 25.4. The van der Waals surface area contributed by atoms with Crippen molar-refractivity contribution in [1.29, 1.82) is 0 Å². The number of aromatic carboxylic acids is 1. The van der Waals surface area contributed by atoms with Gasteiger partial charge in [-0.05, 0) is 5.92 Å². The van der Waals surface area contributed by atoms with Crippen LogP contribution in [0, 0.1) is 5.92 Å². The highest BCUT2D eigenvalue weighted by Crippen LogP contribution is 2.19. The molecule has 0 aliphatic rings. The number of aromatic nitrogens is 1. The molecule has 0 radical (unpaired) electrons. The van der Waals surface area contributed by atoms with Crippen molar-refractivity contribution in [2.45, 2.75) is 11.1 Å². The Balaban J connectivity index is 2.90. The normalized spacial score (nSPS) is 13.5. The number of carboxylic acids is 1. The van der Waals surface area contributed by atoms with Gasteiger partial charge in [0.05, 0.1) is 5.51 Å². The van der Waals surface area contributed by atoms with Crippen LogP contribution >= 0.6 is 11.3 Å². The van der Waals surface area contributed by atoms with Crippen LogP contribution in [0.15, 0.2) is 9.72 Å². The molecule has 1 aromatic rings. The average molecular weight is 280 g/mol. The van der Waals surface area contributed by atoms with Gasteiger partial charge in [0.15, 0.2) is 9.90 Å². The third kappa shape index (κ3) is 3.46. The van der Waals surface area contributed by atoms with E-state index in [2.05, 4.69) is 9.71 Å². The molecular weight excluding hydrogens is 268 g/mol. The minimum absolute atomic E-state index is 0.0375. The first kappa shape index (κ1) is 14.0. The van der Waals surface area contributed by atoms with E-state index >= 15 is 0 Å². The lowest BCUT2D eigenvalue weighted by atomic mass is 10.2. The van der Waals surface area contributed by atoms with Crippen molar-refractivity contribution in [2.24, 2.45) is 5.92 Å². The first-order valence-corrected chi connectivity index (χ1v) is 7.02. The van der Waals surface area contributed by atoms with Crippen molar-refractivity contribution in [1.82, 2.24) is 9.71 Å². The average Bonchev–Trinajstić information content (AvgIpc) is 2.75. The Bertz CT molecular complexity index is 496. The molecule has 0 aliphatic carbocycles. The number of carbonyl (C=O) groups is 1. The standard InChI is InChI=1S/C8H12N2O5S2/c1-5(3-11)2-10-17(14,15)8-6(7(12)13)9-4-16-8/h4-5,10-11H,2-3H2,1H3,(H,12,13). The Hall–Kier alpha value is -1.03. The third-order valence-electron chi connectivity index (χ3n) is 1.92. The number of hydrogen-bond acceptors (Lipinski definition) is 6. The fourth-order valence-corrected chi connectivity index (χ4v) is 3.30. The summed E-state index contributed by atoms with van der Waals surface area (Å²) in [6.07, 6.45) is 0. The number of thiazole rings is 1. The molecule has 1 aromatic heterocycles. The molecule has 0 fully saturated rings. The summed E-state index contributed by atoms with van der Waals surface area (Å²) in [6, 6.07) is 0. The zero-order valence-corrected chi connectivity index (χ0v) is 10.6. The predicted octanol–water partition coefficient (Wildman–Crippen LogP) is -0.252. The monoisotopic (exact) mass is 280 g/mol. The molecule has 0 saturated heterocycles. The van der Waals surface area contributed by atoms with E-state index in [4.69, 9.17) is 10.2 Å². The largest absolute Gasteiger partial charge is 0.476 e. The zero-order valence-electron chi connectivity index (χ0n) is 8.95. The maximum absolute atomic E-state index is 11.8. The summed E-state index contributed by atoms with van der Waals surface area (Å²) in [5.74, 6) is -1.63. The SMILES string of the molecule is CC(CO)CNS(=O)(=O)c1scnc1C(=O)O. The highest BCUT2D eigenvalue weighted by molar-refractivity contribution is 7.91. The molecule has 1 unspecified atom stereocenters. The molecule has 17 heavy (non-hydrogen) atoms. The minimum atomic E-state index is -3.88. The number of hydrogen-bond donors (Lipinski definition) is 3. The second-order valence-corrected chi connectivity index (χ2v) is 6.25. The van der Waals surface area contributed by atoms with Gasteiger partial charge in [0.2, 0.25) is 0 Å². The zero-order chi connectivity index (χ0) is 13.1. The lowest BCUT2D eigenvalue weighted by Gasteiger charge is -2.09. The molecule has 0 saturated carbocycles. The molecule has 0 spiro atoms. The topological polar surface area (TPSA) is 117 Å². The molecule has 1 atom stereocenters. The van der Waals surface area contributed by atoms with Crippen molar-refractivity contribution >= 4 is 27.3 Å². The van der Waals surface area contributed by atoms with Gasteiger partial charge < -0.3 is 10.2 Å². The highest BCUT2D eigenvalue weighted by atomic mass is 32.2. The second-order valence-electron chi connectivity index (χ2n) is 3.43. The maximum atomic E-state index is 11.8. The Morgan fingerprint density at radius 1 is 1.65 bits per heavy atom. The van der Waals surface area contributed by atoms with Crippen LogP contribution in [0.2, 0.25) is 0 Å². The van der Waals surface area contributed by atoms with E-state index in [-0.39, 0.29) is 23.3 Å². The molecular formula is C8H12N2O5S2. The molecule has 1 rings (SSSR count). The number of aliphatic hydroxyl groups excluding tert-OH is 1. The summed E-state index contributed by atoms with van der Waals surface area (Å²) in [5, 5.41) is 17.5. The van der Waals surface area contributed by atoms with E-state index < -0.39 is 21.7 Å². The Labute approximate surface area is 102 Å². The van der Waals surface area contributed by atoms with E-state index in [1.165, 1.54) is 0 Å². The van der Waals surface area contributed by atoms with Crippen LogP contribution in [0.1, 0.15) is 17.4 Å². The maximum Gasteiger partial charge on any atom is 0.356 e. The quantitative estimate of drug-likeness (QED) is 0.661. The van der Waals surface area contributed by atoms with Crippen LogP contribution in [-0.2, 0) is 10.0 Å². The van der Waals surface area contributed by atoms with Crippen molar-refractivity contribution in [3.05, 3.63) is 11.2 Å². The van der Waals surface area contributed by atoms with E-state index in [0.29, 0.717) is 0 Å². The number of rotatable bonds is 6. The number of nitrogens with zero attached hydrogens (tertiary/aromatic N) is 1. The van der Waals surface area contributed by atoms with Crippen molar-refractivity contribution < 1.29 is 23.4 Å². The number of aliphatic hydroxyl groups is 1. The van der Waals surface area contributed by atoms with Gasteiger partial charge in [-0.1, -0.05) is 6.92 Å². The lowest BCUT2D eigenvalue weighted by Crippen LogP contribution is -2.30. The lowest BCUT2D eigenvalue weighted by molar-refractivity contribution is 0.0687. The molecule has 0 aromatic carbocycles. The summed E-state index contributed by atoms with van der Waals surface area (Å²) in [5.41, 5.74) is 0.673. The molecule has 0 amide bonds. The van der Waals surface area contributed by atoms with Crippen molar-refractivity contribution in [3.63, 3.8) is 0 Å². The van der Waals surface area contributed by atoms with E-state index in [1.54, 1.807) is 6.92 Å². The van der Waals surface area contributed by atoms with Crippen molar-refractivity contribution in [3.8, 4) is 0 Å². The summed E-state index contributed by atoms with van der Waals surface area (Å²) >= 11 is 0.739. The molecule has 7 nitrogen and oxygen atoms in total. The van der Waals surface area contributed by atoms with Crippen LogP contribution in [0.25, 0.3) is 0 Å². The van der Waals surface area contributed by atoms with Gasteiger partial charge in [0.1, 0.15) is 0 Å². The number of carboxylic acid groups (broad SMARTS) is 1. The van der Waals surface area contributed by atoms with Crippen LogP contribution < -0.4 is 4.72 Å². The fourth-order valence-electron chi connectivity index (χ4n) is 0.951. The molecule has 0 aliphatic heterocycles.